The van der Waals surface area contributed by atoms with Crippen molar-refractivity contribution in [2.24, 2.45) is 5.41 Å². The molecule has 0 saturated carbocycles. The van der Waals surface area contributed by atoms with Crippen molar-refractivity contribution in [1.29, 1.82) is 0 Å². The van der Waals surface area contributed by atoms with Crippen molar-refractivity contribution in [2.75, 3.05) is 13.2 Å². The zero-order valence-electron chi connectivity index (χ0n) is 19.4. The van der Waals surface area contributed by atoms with E-state index < -0.39 is 23.5 Å². The molecule has 0 heterocycles. The number of hydrogen-bond donors (Lipinski definition) is 3. The number of amides is 2. The van der Waals surface area contributed by atoms with E-state index in [0.29, 0.717) is 6.42 Å². The van der Waals surface area contributed by atoms with Crippen molar-refractivity contribution in [1.82, 2.24) is 10.6 Å². The largest absolute Gasteiger partial charge is 0.481 e. The lowest BCUT2D eigenvalue weighted by molar-refractivity contribution is -0.137. The molecule has 1 atom stereocenters. The molecule has 0 saturated heterocycles. The molecular formula is C26H32N2O5. The topological polar surface area (TPSA) is 105 Å². The summed E-state index contributed by atoms with van der Waals surface area (Å²) in [5, 5.41) is 14.5. The Kier molecular flexibility index (Phi) is 7.74. The van der Waals surface area contributed by atoms with Crippen LogP contribution in [0.2, 0.25) is 0 Å². The number of hydrogen-bond acceptors (Lipinski definition) is 4. The van der Waals surface area contributed by atoms with Gasteiger partial charge in [-0.25, -0.2) is 4.79 Å². The second-order valence-electron chi connectivity index (χ2n) is 9.29. The summed E-state index contributed by atoms with van der Waals surface area (Å²) in [4.78, 5) is 35.6. The molecule has 0 spiro atoms. The number of nitrogens with one attached hydrogen (secondary N) is 2. The maximum absolute atomic E-state index is 12.4. The van der Waals surface area contributed by atoms with Crippen LogP contribution in [-0.2, 0) is 14.3 Å². The van der Waals surface area contributed by atoms with Crippen LogP contribution in [0.25, 0.3) is 11.1 Å². The molecule has 0 aromatic heterocycles. The van der Waals surface area contributed by atoms with Gasteiger partial charge in [0.15, 0.2) is 0 Å². The Morgan fingerprint density at radius 1 is 1.03 bits per heavy atom. The lowest BCUT2D eigenvalue weighted by Gasteiger charge is -2.25. The average molecular weight is 453 g/mol. The molecule has 3 N–H and O–H groups in total. The highest BCUT2D eigenvalue weighted by Gasteiger charge is 2.29. The van der Waals surface area contributed by atoms with Crippen molar-refractivity contribution >= 4 is 18.0 Å². The summed E-state index contributed by atoms with van der Waals surface area (Å²) in [6.45, 7) is 6.06. The summed E-state index contributed by atoms with van der Waals surface area (Å²) in [5.74, 6) is -1.19. The third-order valence-electron chi connectivity index (χ3n) is 5.97. The number of alkyl carbamates (subject to hydrolysis) is 1. The molecule has 33 heavy (non-hydrogen) atoms. The van der Waals surface area contributed by atoms with E-state index in [2.05, 4.69) is 34.9 Å². The second kappa shape index (κ2) is 10.5. The molecule has 176 valence electrons. The lowest BCUT2D eigenvalue weighted by atomic mass is 9.88. The van der Waals surface area contributed by atoms with Crippen molar-refractivity contribution in [3.8, 4) is 11.1 Å². The zero-order chi connectivity index (χ0) is 24.0. The van der Waals surface area contributed by atoms with Gasteiger partial charge >= 0.3 is 12.1 Å². The first-order valence-electron chi connectivity index (χ1n) is 11.3. The summed E-state index contributed by atoms with van der Waals surface area (Å²) in [6.07, 6.45) is 0.0619. The Balaban J connectivity index is 1.50. The molecule has 0 aliphatic heterocycles. The Labute approximate surface area is 194 Å². The fourth-order valence-corrected chi connectivity index (χ4v) is 4.24. The van der Waals surface area contributed by atoms with E-state index in [-0.39, 0.29) is 37.8 Å². The molecule has 7 nitrogen and oxygen atoms in total. The van der Waals surface area contributed by atoms with Crippen molar-refractivity contribution in [3.63, 3.8) is 0 Å². The normalized spacial score (nSPS) is 13.5. The van der Waals surface area contributed by atoms with Crippen LogP contribution in [-0.4, -0.2) is 42.3 Å². The minimum atomic E-state index is -0.946. The van der Waals surface area contributed by atoms with Gasteiger partial charge in [-0.05, 0) is 34.1 Å². The smallest absolute Gasteiger partial charge is 0.407 e. The van der Waals surface area contributed by atoms with Gasteiger partial charge in [0.1, 0.15) is 6.61 Å². The lowest BCUT2D eigenvalue weighted by Crippen LogP contribution is -2.41. The summed E-state index contributed by atoms with van der Waals surface area (Å²) in [7, 11) is 0. The van der Waals surface area contributed by atoms with E-state index >= 15 is 0 Å². The molecule has 1 aliphatic carbocycles. The minimum Gasteiger partial charge on any atom is -0.481 e. The van der Waals surface area contributed by atoms with Gasteiger partial charge in [-0.15, -0.1) is 0 Å². The Morgan fingerprint density at radius 2 is 1.61 bits per heavy atom. The van der Waals surface area contributed by atoms with Gasteiger partial charge < -0.3 is 20.5 Å². The highest BCUT2D eigenvalue weighted by Crippen LogP contribution is 2.44. The van der Waals surface area contributed by atoms with E-state index in [4.69, 9.17) is 9.84 Å². The van der Waals surface area contributed by atoms with E-state index in [0.717, 1.165) is 11.1 Å². The minimum absolute atomic E-state index is 0.0119. The summed E-state index contributed by atoms with van der Waals surface area (Å²) < 4.78 is 5.55. The number of carbonyl (C=O) groups is 3. The van der Waals surface area contributed by atoms with E-state index in [9.17, 15) is 14.4 Å². The standard InChI is InChI=1S/C26H32N2O5/c1-4-17(13-24(30)31)28-23(29)14-26(2,3)16-27-25(32)33-15-22-20-11-7-5-9-18(20)19-10-6-8-12-21(19)22/h5-12,17,22H,4,13-16H2,1-3H3,(H,27,32)(H,28,29)(H,30,31)/t17-/m1/s1. The first-order chi connectivity index (χ1) is 15.7. The van der Waals surface area contributed by atoms with Crippen LogP contribution in [0.4, 0.5) is 4.79 Å². The Bertz CT molecular complexity index is 972. The quantitative estimate of drug-likeness (QED) is 0.498. The van der Waals surface area contributed by atoms with Crippen LogP contribution in [0, 0.1) is 5.41 Å². The monoisotopic (exact) mass is 452 g/mol. The van der Waals surface area contributed by atoms with Crippen LogP contribution in [0.1, 0.15) is 57.1 Å². The number of carbonyl (C=O) groups excluding carboxylic acids is 2. The maximum atomic E-state index is 12.4. The van der Waals surface area contributed by atoms with E-state index in [1.807, 2.05) is 45.0 Å². The third kappa shape index (κ3) is 6.34. The second-order valence-corrected chi connectivity index (χ2v) is 9.29. The van der Waals surface area contributed by atoms with Crippen LogP contribution < -0.4 is 10.6 Å². The maximum Gasteiger partial charge on any atom is 0.407 e. The summed E-state index contributed by atoms with van der Waals surface area (Å²) in [5.41, 5.74) is 4.12. The predicted octanol–water partition coefficient (Wildman–Crippen LogP) is 4.31. The molecular weight excluding hydrogens is 420 g/mol. The molecule has 0 bridgehead atoms. The molecule has 7 heteroatoms. The number of carboxylic acids is 1. The van der Waals surface area contributed by atoms with E-state index in [1.165, 1.54) is 11.1 Å². The number of rotatable bonds is 10. The molecule has 0 unspecified atom stereocenters. The highest BCUT2D eigenvalue weighted by atomic mass is 16.5. The highest BCUT2D eigenvalue weighted by molar-refractivity contribution is 5.79. The van der Waals surface area contributed by atoms with Crippen LogP contribution >= 0.6 is 0 Å². The van der Waals surface area contributed by atoms with Crippen molar-refractivity contribution in [3.05, 3.63) is 59.7 Å². The van der Waals surface area contributed by atoms with Crippen molar-refractivity contribution in [2.45, 2.75) is 52.0 Å². The molecule has 2 amide bonds. The van der Waals surface area contributed by atoms with Crippen LogP contribution in [0.15, 0.2) is 48.5 Å². The van der Waals surface area contributed by atoms with E-state index in [1.54, 1.807) is 0 Å². The first kappa shape index (κ1) is 24.3. The first-order valence-corrected chi connectivity index (χ1v) is 11.3. The van der Waals surface area contributed by atoms with Gasteiger partial charge in [-0.3, -0.25) is 9.59 Å². The molecule has 0 fully saturated rings. The molecule has 1 aliphatic rings. The summed E-state index contributed by atoms with van der Waals surface area (Å²) >= 11 is 0. The van der Waals surface area contributed by atoms with Gasteiger partial charge in [0, 0.05) is 24.9 Å². The predicted molar refractivity (Wildman–Crippen MR) is 126 cm³/mol. The van der Waals surface area contributed by atoms with Crippen LogP contribution in [0.3, 0.4) is 0 Å². The van der Waals surface area contributed by atoms with Gasteiger partial charge in [-0.2, -0.15) is 0 Å². The molecule has 3 rings (SSSR count). The number of ether oxygens (including phenoxy) is 1. The zero-order valence-corrected chi connectivity index (χ0v) is 19.4. The van der Waals surface area contributed by atoms with Gasteiger partial charge in [0.25, 0.3) is 0 Å². The molecule has 0 radical (unpaired) electrons. The summed E-state index contributed by atoms with van der Waals surface area (Å²) in [6, 6.07) is 15.9. The van der Waals surface area contributed by atoms with Gasteiger partial charge in [0.05, 0.1) is 6.42 Å². The fourth-order valence-electron chi connectivity index (χ4n) is 4.24. The van der Waals surface area contributed by atoms with Crippen molar-refractivity contribution < 1.29 is 24.2 Å². The third-order valence-corrected chi connectivity index (χ3v) is 5.97. The number of aliphatic carboxylic acids is 1. The SMILES string of the molecule is CC[C@H](CC(=O)O)NC(=O)CC(C)(C)CNC(=O)OCC1c2ccccc2-c2ccccc21. The number of carboxylic acid groups (broad SMARTS) is 1. The fraction of sp³-hybridized carbons (Fsp3) is 0.423. The van der Waals surface area contributed by atoms with Gasteiger partial charge in [-0.1, -0.05) is 69.3 Å². The Hall–Kier alpha value is -3.35. The number of fused-ring (bicyclic) bond motifs is 3. The Morgan fingerprint density at radius 3 is 2.15 bits per heavy atom. The van der Waals surface area contributed by atoms with Crippen LogP contribution in [0.5, 0.6) is 0 Å². The molecule has 2 aromatic rings. The van der Waals surface area contributed by atoms with Gasteiger partial charge in [0.2, 0.25) is 5.91 Å². The number of benzene rings is 2. The average Bonchev–Trinajstić information content (AvgIpc) is 3.09. The molecule has 2 aromatic carbocycles.